The molecule has 74 valence electrons. The maximum atomic E-state index is 11.5. The van der Waals surface area contributed by atoms with Gasteiger partial charge in [0, 0.05) is 15.8 Å². The van der Waals surface area contributed by atoms with Gasteiger partial charge in [-0.05, 0) is 40.9 Å². The van der Waals surface area contributed by atoms with Crippen LogP contribution in [0.1, 0.15) is 19.3 Å². The Balaban J connectivity index is 2.10. The van der Waals surface area contributed by atoms with Crippen LogP contribution >= 0.6 is 27.7 Å². The quantitative estimate of drug-likeness (QED) is 0.816. The summed E-state index contributed by atoms with van der Waals surface area (Å²) in [5, 5.41) is 0.189. The lowest BCUT2D eigenvalue weighted by Crippen LogP contribution is -2.07. The number of Topliss-reactive ketones (excluding diaryl/α,β-unsaturated/α-hetero) is 1. The second-order valence-corrected chi connectivity index (χ2v) is 5.49. The predicted octanol–water partition coefficient (Wildman–Crippen LogP) is 3.66. The fraction of sp³-hybridized carbons (Fsp3) is 0.364. The lowest BCUT2D eigenvalue weighted by atomic mass is 10.3. The van der Waals surface area contributed by atoms with Gasteiger partial charge in [0.1, 0.15) is 5.78 Å². The monoisotopic (exact) mass is 270 g/mol. The van der Waals surface area contributed by atoms with Crippen LogP contribution in [0.5, 0.6) is 0 Å². The topological polar surface area (TPSA) is 17.1 Å². The first-order chi connectivity index (χ1) is 6.77. The van der Waals surface area contributed by atoms with Crippen LogP contribution in [0.15, 0.2) is 33.6 Å². The molecule has 1 nitrogen and oxygen atoms in total. The maximum absolute atomic E-state index is 11.5. The smallest absolute Gasteiger partial charge is 0.146 e. The van der Waals surface area contributed by atoms with Crippen molar-refractivity contribution in [3.63, 3.8) is 0 Å². The minimum Gasteiger partial charge on any atom is -0.298 e. The van der Waals surface area contributed by atoms with Crippen molar-refractivity contribution in [2.24, 2.45) is 0 Å². The summed E-state index contributed by atoms with van der Waals surface area (Å²) in [5.41, 5.74) is 0. The summed E-state index contributed by atoms with van der Waals surface area (Å²) in [6.45, 7) is 0. The Bertz CT molecular complexity index is 351. The molecule has 1 saturated carbocycles. The van der Waals surface area contributed by atoms with Crippen molar-refractivity contribution in [1.82, 2.24) is 0 Å². The standard InChI is InChI=1S/C11H11BrOS/c12-8-4-1-2-6-10(8)14-11-7-3-5-9(11)13/h1-2,4,6,11H,3,5,7H2. The number of rotatable bonds is 2. The largest absolute Gasteiger partial charge is 0.298 e. The average Bonchev–Trinajstić information content (AvgIpc) is 2.56. The fourth-order valence-electron chi connectivity index (χ4n) is 1.60. The van der Waals surface area contributed by atoms with Crippen LogP contribution in [-0.4, -0.2) is 11.0 Å². The molecule has 0 aliphatic heterocycles. The van der Waals surface area contributed by atoms with E-state index in [9.17, 15) is 4.79 Å². The molecular weight excluding hydrogens is 260 g/mol. The van der Waals surface area contributed by atoms with Gasteiger partial charge in [0.15, 0.2) is 0 Å². The molecule has 0 radical (unpaired) electrons. The zero-order chi connectivity index (χ0) is 9.97. The van der Waals surface area contributed by atoms with Crippen LogP contribution in [0.3, 0.4) is 0 Å². The van der Waals surface area contributed by atoms with Crippen LogP contribution in [0.2, 0.25) is 0 Å². The van der Waals surface area contributed by atoms with E-state index in [1.807, 2.05) is 18.2 Å². The highest BCUT2D eigenvalue weighted by atomic mass is 79.9. The van der Waals surface area contributed by atoms with Crippen LogP contribution in [0, 0.1) is 0 Å². The molecule has 0 bridgehead atoms. The van der Waals surface area contributed by atoms with Crippen molar-refractivity contribution < 1.29 is 4.79 Å². The number of halogens is 1. The molecule has 1 aliphatic carbocycles. The third kappa shape index (κ3) is 2.20. The van der Waals surface area contributed by atoms with Crippen LogP contribution < -0.4 is 0 Å². The molecule has 0 amide bonds. The van der Waals surface area contributed by atoms with Gasteiger partial charge in [-0.15, -0.1) is 11.8 Å². The van der Waals surface area contributed by atoms with Crippen molar-refractivity contribution in [3.8, 4) is 0 Å². The number of hydrogen-bond donors (Lipinski definition) is 0. The number of thioether (sulfide) groups is 1. The first-order valence-electron chi connectivity index (χ1n) is 4.71. The number of benzene rings is 1. The van der Waals surface area contributed by atoms with Gasteiger partial charge in [0.25, 0.3) is 0 Å². The zero-order valence-electron chi connectivity index (χ0n) is 7.70. The van der Waals surface area contributed by atoms with Gasteiger partial charge in [0.2, 0.25) is 0 Å². The Morgan fingerprint density at radius 3 is 2.79 bits per heavy atom. The second kappa shape index (κ2) is 4.49. The summed E-state index contributed by atoms with van der Waals surface area (Å²) in [7, 11) is 0. The molecule has 1 aliphatic rings. The number of carbonyl (C=O) groups excluding carboxylic acids is 1. The summed E-state index contributed by atoms with van der Waals surface area (Å²) in [5.74, 6) is 0.408. The first-order valence-corrected chi connectivity index (χ1v) is 6.38. The molecule has 0 spiro atoms. The molecule has 2 rings (SSSR count). The van der Waals surface area contributed by atoms with Gasteiger partial charge in [-0.1, -0.05) is 12.1 Å². The lowest BCUT2D eigenvalue weighted by molar-refractivity contribution is -0.116. The molecule has 1 fully saturated rings. The summed E-state index contributed by atoms with van der Waals surface area (Å²) >= 11 is 5.18. The summed E-state index contributed by atoms with van der Waals surface area (Å²) in [6, 6.07) is 8.07. The highest BCUT2D eigenvalue weighted by Crippen LogP contribution is 2.36. The van der Waals surface area contributed by atoms with Gasteiger partial charge < -0.3 is 0 Å². The number of hydrogen-bond acceptors (Lipinski definition) is 2. The highest BCUT2D eigenvalue weighted by Gasteiger charge is 2.25. The summed E-state index contributed by atoms with van der Waals surface area (Å²) in [4.78, 5) is 12.6. The molecule has 0 N–H and O–H groups in total. The first kappa shape index (κ1) is 10.2. The van der Waals surface area contributed by atoms with Gasteiger partial charge in [0.05, 0.1) is 5.25 Å². The number of ketones is 1. The van der Waals surface area contributed by atoms with E-state index in [0.29, 0.717) is 5.78 Å². The Morgan fingerprint density at radius 1 is 1.36 bits per heavy atom. The maximum Gasteiger partial charge on any atom is 0.146 e. The molecule has 3 heteroatoms. The molecular formula is C11H11BrOS. The lowest BCUT2D eigenvalue weighted by Gasteiger charge is -2.08. The minimum atomic E-state index is 0.189. The highest BCUT2D eigenvalue weighted by molar-refractivity contribution is 9.10. The van der Waals surface area contributed by atoms with E-state index in [2.05, 4.69) is 22.0 Å². The molecule has 0 aromatic heterocycles. The Labute approximate surface area is 96.4 Å². The van der Waals surface area contributed by atoms with E-state index in [0.717, 1.165) is 23.7 Å². The normalized spacial score (nSPS) is 21.5. The van der Waals surface area contributed by atoms with E-state index in [1.165, 1.54) is 4.90 Å². The summed E-state index contributed by atoms with van der Waals surface area (Å²) < 4.78 is 1.09. The third-order valence-corrected chi connectivity index (χ3v) is 4.70. The van der Waals surface area contributed by atoms with Crippen molar-refractivity contribution in [3.05, 3.63) is 28.7 Å². The molecule has 1 aromatic carbocycles. The molecule has 1 unspecified atom stereocenters. The summed E-state index contributed by atoms with van der Waals surface area (Å²) in [6.07, 6.45) is 2.86. The predicted molar refractivity (Wildman–Crippen MR) is 62.6 cm³/mol. The zero-order valence-corrected chi connectivity index (χ0v) is 10.1. The van der Waals surface area contributed by atoms with E-state index in [4.69, 9.17) is 0 Å². The van der Waals surface area contributed by atoms with Crippen LogP contribution in [0.25, 0.3) is 0 Å². The molecule has 0 saturated heterocycles. The van der Waals surface area contributed by atoms with Crippen molar-refractivity contribution in [2.75, 3.05) is 0 Å². The Kier molecular flexibility index (Phi) is 3.29. The van der Waals surface area contributed by atoms with Gasteiger partial charge >= 0.3 is 0 Å². The Morgan fingerprint density at radius 2 is 2.14 bits per heavy atom. The third-order valence-electron chi connectivity index (χ3n) is 2.35. The van der Waals surface area contributed by atoms with E-state index >= 15 is 0 Å². The van der Waals surface area contributed by atoms with Gasteiger partial charge in [-0.3, -0.25) is 4.79 Å². The van der Waals surface area contributed by atoms with Gasteiger partial charge in [-0.25, -0.2) is 0 Å². The second-order valence-electron chi connectivity index (χ2n) is 3.40. The van der Waals surface area contributed by atoms with E-state index < -0.39 is 0 Å². The molecule has 1 atom stereocenters. The molecule has 14 heavy (non-hydrogen) atoms. The fourth-order valence-corrected chi connectivity index (χ4v) is 3.35. The minimum absolute atomic E-state index is 0.189. The van der Waals surface area contributed by atoms with Crippen molar-refractivity contribution >= 4 is 33.5 Å². The molecule has 0 heterocycles. The average molecular weight is 271 g/mol. The van der Waals surface area contributed by atoms with Crippen molar-refractivity contribution in [2.45, 2.75) is 29.4 Å². The number of carbonyl (C=O) groups is 1. The van der Waals surface area contributed by atoms with E-state index in [-0.39, 0.29) is 5.25 Å². The van der Waals surface area contributed by atoms with Crippen LogP contribution in [0.4, 0.5) is 0 Å². The Hall–Kier alpha value is -0.280. The van der Waals surface area contributed by atoms with Crippen molar-refractivity contribution in [1.29, 1.82) is 0 Å². The van der Waals surface area contributed by atoms with Gasteiger partial charge in [-0.2, -0.15) is 0 Å². The van der Waals surface area contributed by atoms with Crippen LogP contribution in [-0.2, 0) is 4.79 Å². The SMILES string of the molecule is O=C1CCCC1Sc1ccccc1Br. The van der Waals surface area contributed by atoms with E-state index in [1.54, 1.807) is 11.8 Å². The molecule has 1 aromatic rings.